The minimum atomic E-state index is 0.473. The quantitative estimate of drug-likeness (QED) is 0.649. The molecule has 70 valence electrons. The minimum Gasteiger partial charge on any atom is -0.369 e. The van der Waals surface area contributed by atoms with Gasteiger partial charge in [-0.2, -0.15) is 0 Å². The summed E-state index contributed by atoms with van der Waals surface area (Å²) in [5.41, 5.74) is 7.33. The first-order valence-electron chi connectivity index (χ1n) is 4.48. The second-order valence-electron chi connectivity index (χ2n) is 2.85. The van der Waals surface area contributed by atoms with Gasteiger partial charge in [-0.05, 0) is 12.1 Å². The van der Waals surface area contributed by atoms with Crippen molar-refractivity contribution in [3.63, 3.8) is 0 Å². The monoisotopic (exact) mass is 177 g/mol. The van der Waals surface area contributed by atoms with Crippen LogP contribution in [0, 0.1) is 0 Å². The molecular weight excluding hydrogens is 162 g/mol. The van der Waals surface area contributed by atoms with E-state index in [1.165, 1.54) is 6.42 Å². The Kier molecular flexibility index (Phi) is 3.31. The number of H-pyrrole nitrogens is 1. The van der Waals surface area contributed by atoms with E-state index in [1.807, 2.05) is 24.3 Å². The van der Waals surface area contributed by atoms with Gasteiger partial charge in [0.1, 0.15) is 0 Å². The maximum atomic E-state index is 5.42. The van der Waals surface area contributed by atoms with Crippen LogP contribution >= 0.6 is 0 Å². The molecule has 0 radical (unpaired) electrons. The van der Waals surface area contributed by atoms with Crippen LogP contribution in [-0.2, 0) is 0 Å². The van der Waals surface area contributed by atoms with E-state index in [-0.39, 0.29) is 0 Å². The molecular formula is C10H15N3. The standard InChI is InChI=1S/C7H7N3.C3H8/c8-7-9-5-3-1-2-4-6(5)10-7;1-3-2/h1-4H,(H3,8,9,10);3H2,1-2H3. The van der Waals surface area contributed by atoms with E-state index < -0.39 is 0 Å². The number of para-hydroxylation sites is 2. The van der Waals surface area contributed by atoms with Crippen LogP contribution < -0.4 is 5.73 Å². The third-order valence-electron chi connectivity index (χ3n) is 1.41. The number of hydrogen-bond donors (Lipinski definition) is 2. The first kappa shape index (κ1) is 9.58. The number of rotatable bonds is 0. The second kappa shape index (κ2) is 4.50. The fourth-order valence-corrected chi connectivity index (χ4v) is 0.973. The van der Waals surface area contributed by atoms with Crippen molar-refractivity contribution in [3.8, 4) is 0 Å². The van der Waals surface area contributed by atoms with Crippen molar-refractivity contribution < 1.29 is 0 Å². The summed E-state index contributed by atoms with van der Waals surface area (Å²) in [4.78, 5) is 6.96. The zero-order valence-corrected chi connectivity index (χ0v) is 8.04. The predicted octanol–water partition coefficient (Wildman–Crippen LogP) is 2.56. The van der Waals surface area contributed by atoms with E-state index in [0.717, 1.165) is 11.0 Å². The summed E-state index contributed by atoms with van der Waals surface area (Å²) in [6, 6.07) is 7.74. The molecule has 0 atom stereocenters. The Labute approximate surface area is 78.0 Å². The lowest BCUT2D eigenvalue weighted by Gasteiger charge is -1.81. The summed E-state index contributed by atoms with van der Waals surface area (Å²) < 4.78 is 0. The number of nitrogen functional groups attached to an aromatic ring is 1. The number of hydrogen-bond acceptors (Lipinski definition) is 2. The fraction of sp³-hybridized carbons (Fsp3) is 0.300. The lowest BCUT2D eigenvalue weighted by atomic mass is 10.3. The lowest BCUT2D eigenvalue weighted by Crippen LogP contribution is -1.84. The van der Waals surface area contributed by atoms with Crippen LogP contribution in [0.5, 0.6) is 0 Å². The Morgan fingerprint density at radius 2 is 1.92 bits per heavy atom. The molecule has 3 heteroatoms. The normalized spacial score (nSPS) is 9.38. The van der Waals surface area contributed by atoms with Crippen molar-refractivity contribution in [2.24, 2.45) is 0 Å². The number of nitrogens with one attached hydrogen (secondary N) is 1. The predicted molar refractivity (Wildman–Crippen MR) is 56.5 cm³/mol. The number of aromatic nitrogens is 2. The molecule has 0 aliphatic heterocycles. The van der Waals surface area contributed by atoms with Gasteiger partial charge in [0, 0.05) is 0 Å². The molecule has 0 saturated carbocycles. The van der Waals surface area contributed by atoms with Gasteiger partial charge < -0.3 is 10.7 Å². The van der Waals surface area contributed by atoms with Gasteiger partial charge in [0.25, 0.3) is 0 Å². The topological polar surface area (TPSA) is 54.7 Å². The Bertz CT molecular complexity index is 332. The molecule has 0 bridgehead atoms. The first-order chi connectivity index (χ1) is 6.27. The average Bonchev–Trinajstić information content (AvgIpc) is 2.45. The molecule has 13 heavy (non-hydrogen) atoms. The second-order valence-corrected chi connectivity index (χ2v) is 2.85. The Balaban J connectivity index is 0.000000251. The molecule has 0 amide bonds. The summed E-state index contributed by atoms with van der Waals surface area (Å²) >= 11 is 0. The maximum absolute atomic E-state index is 5.42. The lowest BCUT2D eigenvalue weighted by molar-refractivity contribution is 1.09. The van der Waals surface area contributed by atoms with Crippen molar-refractivity contribution in [3.05, 3.63) is 24.3 Å². The number of nitrogens with two attached hydrogens (primary N) is 1. The van der Waals surface area contributed by atoms with Crippen molar-refractivity contribution in [1.29, 1.82) is 0 Å². The number of fused-ring (bicyclic) bond motifs is 1. The Hall–Kier alpha value is -1.51. The van der Waals surface area contributed by atoms with Gasteiger partial charge in [-0.3, -0.25) is 0 Å². The van der Waals surface area contributed by atoms with E-state index in [2.05, 4.69) is 23.8 Å². The number of imidazole rings is 1. The van der Waals surface area contributed by atoms with Gasteiger partial charge >= 0.3 is 0 Å². The highest BCUT2D eigenvalue weighted by molar-refractivity contribution is 5.76. The smallest absolute Gasteiger partial charge is 0.198 e. The van der Waals surface area contributed by atoms with Crippen molar-refractivity contribution in [2.75, 3.05) is 5.73 Å². The molecule has 3 N–H and O–H groups in total. The number of benzene rings is 1. The fourth-order valence-electron chi connectivity index (χ4n) is 0.973. The van der Waals surface area contributed by atoms with Crippen LogP contribution in [0.15, 0.2) is 24.3 Å². The average molecular weight is 177 g/mol. The molecule has 0 aliphatic rings. The molecule has 2 rings (SSSR count). The van der Waals surface area contributed by atoms with Gasteiger partial charge in [-0.1, -0.05) is 32.4 Å². The van der Waals surface area contributed by atoms with Gasteiger partial charge in [0.15, 0.2) is 5.95 Å². The summed E-state index contributed by atoms with van der Waals surface area (Å²) in [7, 11) is 0. The minimum absolute atomic E-state index is 0.473. The van der Waals surface area contributed by atoms with E-state index in [9.17, 15) is 0 Å². The van der Waals surface area contributed by atoms with E-state index in [4.69, 9.17) is 5.73 Å². The molecule has 0 saturated heterocycles. The molecule has 1 aromatic carbocycles. The van der Waals surface area contributed by atoms with E-state index in [1.54, 1.807) is 0 Å². The Morgan fingerprint density at radius 3 is 2.54 bits per heavy atom. The summed E-state index contributed by atoms with van der Waals surface area (Å²) in [6.07, 6.45) is 1.25. The van der Waals surface area contributed by atoms with Crippen molar-refractivity contribution in [1.82, 2.24) is 9.97 Å². The third kappa shape index (κ3) is 2.47. The summed E-state index contributed by atoms with van der Waals surface area (Å²) in [5.74, 6) is 0.473. The van der Waals surface area contributed by atoms with Crippen LogP contribution in [0.1, 0.15) is 20.3 Å². The number of aromatic amines is 1. The number of nitrogens with zero attached hydrogens (tertiary/aromatic N) is 1. The van der Waals surface area contributed by atoms with Crippen LogP contribution in [0.25, 0.3) is 11.0 Å². The van der Waals surface area contributed by atoms with Gasteiger partial charge in [-0.15, -0.1) is 0 Å². The van der Waals surface area contributed by atoms with Gasteiger partial charge in [-0.25, -0.2) is 4.98 Å². The zero-order chi connectivity index (χ0) is 9.68. The summed E-state index contributed by atoms with van der Waals surface area (Å²) in [6.45, 7) is 4.25. The van der Waals surface area contributed by atoms with Gasteiger partial charge in [0.2, 0.25) is 0 Å². The zero-order valence-electron chi connectivity index (χ0n) is 8.04. The highest BCUT2D eigenvalue weighted by Gasteiger charge is 1.94. The molecule has 0 unspecified atom stereocenters. The van der Waals surface area contributed by atoms with E-state index >= 15 is 0 Å². The largest absolute Gasteiger partial charge is 0.369 e. The molecule has 1 aromatic heterocycles. The molecule has 1 heterocycles. The van der Waals surface area contributed by atoms with Crippen LogP contribution in [0.2, 0.25) is 0 Å². The van der Waals surface area contributed by atoms with E-state index in [0.29, 0.717) is 5.95 Å². The van der Waals surface area contributed by atoms with Crippen LogP contribution in [0.4, 0.5) is 5.95 Å². The van der Waals surface area contributed by atoms with Crippen molar-refractivity contribution >= 4 is 17.0 Å². The number of anilines is 1. The van der Waals surface area contributed by atoms with Crippen LogP contribution in [0.3, 0.4) is 0 Å². The molecule has 0 spiro atoms. The SMILES string of the molecule is CCC.Nc1nc2ccccc2[nH]1. The molecule has 0 fully saturated rings. The third-order valence-corrected chi connectivity index (χ3v) is 1.41. The maximum Gasteiger partial charge on any atom is 0.198 e. The first-order valence-corrected chi connectivity index (χ1v) is 4.48. The molecule has 0 aliphatic carbocycles. The summed E-state index contributed by atoms with van der Waals surface area (Å²) in [5, 5.41) is 0. The van der Waals surface area contributed by atoms with Gasteiger partial charge in [0.05, 0.1) is 11.0 Å². The molecule has 3 nitrogen and oxygen atoms in total. The van der Waals surface area contributed by atoms with Crippen LogP contribution in [-0.4, -0.2) is 9.97 Å². The Morgan fingerprint density at radius 1 is 1.31 bits per heavy atom. The highest BCUT2D eigenvalue weighted by atomic mass is 15.0. The van der Waals surface area contributed by atoms with Crippen molar-refractivity contribution in [2.45, 2.75) is 20.3 Å². The molecule has 2 aromatic rings. The highest BCUT2D eigenvalue weighted by Crippen LogP contribution is 2.10.